The van der Waals surface area contributed by atoms with Crippen LogP contribution in [-0.4, -0.2) is 76.7 Å². The molecule has 0 heterocycles. The summed E-state index contributed by atoms with van der Waals surface area (Å²) in [5.74, 6) is -0.348. The number of carbonyl (C=O) groups is 4. The largest absolute Gasteiger partial charge is 0.490 e. The van der Waals surface area contributed by atoms with E-state index in [1.807, 2.05) is 0 Å². The van der Waals surface area contributed by atoms with Crippen LogP contribution >= 0.6 is 0 Å². The van der Waals surface area contributed by atoms with Crippen LogP contribution in [0.2, 0.25) is 0 Å². The van der Waals surface area contributed by atoms with Gasteiger partial charge in [0.25, 0.3) is 0 Å². The summed E-state index contributed by atoms with van der Waals surface area (Å²) in [6.07, 6.45) is 3.60. The molecule has 0 aliphatic rings. The van der Waals surface area contributed by atoms with Crippen molar-refractivity contribution in [1.29, 1.82) is 0 Å². The Morgan fingerprint density at radius 3 is 0.840 bits per heavy atom. The summed E-state index contributed by atoms with van der Waals surface area (Å²) in [5.41, 5.74) is 2.48. The molecule has 268 valence electrons. The Bertz CT molecular complexity index is 1380. The Labute approximate surface area is 292 Å². The number of benzene rings is 2. The minimum atomic E-state index is -0.520. The summed E-state index contributed by atoms with van der Waals surface area (Å²) >= 11 is 0. The average Bonchev–Trinajstić information content (AvgIpc) is 3.07. The topological polar surface area (TPSA) is 142 Å². The minimum absolute atomic E-state index is 0.00711. The summed E-state index contributed by atoms with van der Waals surface area (Å²) in [7, 11) is 0. The van der Waals surface area contributed by atoms with Crippen LogP contribution in [0.5, 0.6) is 23.0 Å². The van der Waals surface area contributed by atoms with Gasteiger partial charge in [-0.2, -0.15) is 0 Å². The zero-order valence-electron chi connectivity index (χ0n) is 29.0. The van der Waals surface area contributed by atoms with Gasteiger partial charge in [-0.3, -0.25) is 0 Å². The molecule has 0 N–H and O–H groups in total. The van der Waals surface area contributed by atoms with Crippen molar-refractivity contribution in [2.75, 3.05) is 52.9 Å². The highest BCUT2D eigenvalue weighted by atomic mass is 16.6. The van der Waals surface area contributed by atoms with Gasteiger partial charge in [0.05, 0.1) is 0 Å². The monoisotopic (exact) mass is 692 g/mol. The molecule has 2 aromatic rings. The van der Waals surface area contributed by atoms with E-state index in [0.29, 0.717) is 34.1 Å². The third-order valence-electron chi connectivity index (χ3n) is 6.01. The first-order chi connectivity index (χ1) is 23.7. The highest BCUT2D eigenvalue weighted by Gasteiger charge is 2.09. The quantitative estimate of drug-likeness (QED) is 0.0480. The van der Waals surface area contributed by atoms with Gasteiger partial charge >= 0.3 is 23.9 Å². The maximum Gasteiger partial charge on any atom is 0.333 e. The van der Waals surface area contributed by atoms with Crippen molar-refractivity contribution in [3.63, 3.8) is 0 Å². The molecule has 0 spiro atoms. The van der Waals surface area contributed by atoms with Crippen LogP contribution in [0.15, 0.2) is 85.0 Å². The van der Waals surface area contributed by atoms with E-state index in [-0.39, 0.29) is 75.1 Å². The van der Waals surface area contributed by atoms with Gasteiger partial charge in [0.1, 0.15) is 75.9 Å². The fraction of sp³-hybridized carbons (Fsp3) is 0.316. The number of hydrogen-bond donors (Lipinski definition) is 0. The first-order valence-electron chi connectivity index (χ1n) is 15.5. The lowest BCUT2D eigenvalue weighted by molar-refractivity contribution is -0.140. The van der Waals surface area contributed by atoms with Gasteiger partial charge in [0, 0.05) is 34.4 Å². The van der Waals surface area contributed by atoms with E-state index in [1.165, 1.54) is 0 Å². The summed E-state index contributed by atoms with van der Waals surface area (Å²) < 4.78 is 43.7. The molecule has 12 nitrogen and oxygen atoms in total. The van der Waals surface area contributed by atoms with E-state index < -0.39 is 23.9 Å². The number of ether oxygens (including phenoxy) is 8. The molecule has 0 aliphatic heterocycles. The third kappa shape index (κ3) is 15.9. The molecule has 0 atom stereocenters. The molecule has 2 rings (SSSR count). The second kappa shape index (κ2) is 21.2. The van der Waals surface area contributed by atoms with Crippen LogP contribution in [0.3, 0.4) is 0 Å². The molecule has 2 aromatic carbocycles. The zero-order chi connectivity index (χ0) is 37.1. The predicted octanol–water partition coefficient (Wildman–Crippen LogP) is 5.85. The normalized spacial score (nSPS) is 10.4. The molecular weight excluding hydrogens is 648 g/mol. The highest BCUT2D eigenvalue weighted by Crippen LogP contribution is 2.27. The van der Waals surface area contributed by atoms with Crippen molar-refractivity contribution in [2.24, 2.45) is 0 Å². The number of esters is 4. The number of rotatable bonds is 22. The van der Waals surface area contributed by atoms with Crippen LogP contribution in [-0.2, 0) is 38.1 Å². The summed E-state index contributed by atoms with van der Waals surface area (Å²) in [6.45, 7) is 20.8. The Morgan fingerprint density at radius 2 is 0.640 bits per heavy atom. The first kappa shape index (κ1) is 40.4. The van der Waals surface area contributed by atoms with Crippen LogP contribution < -0.4 is 18.9 Å². The van der Waals surface area contributed by atoms with Crippen molar-refractivity contribution in [3.05, 3.63) is 96.1 Å². The van der Waals surface area contributed by atoms with Gasteiger partial charge < -0.3 is 37.9 Å². The van der Waals surface area contributed by atoms with E-state index in [4.69, 9.17) is 37.9 Å². The van der Waals surface area contributed by atoms with Crippen LogP contribution in [0.4, 0.5) is 0 Å². The first-order valence-corrected chi connectivity index (χ1v) is 15.5. The standard InChI is InChI=1S/C38H44O12/c1-25(2)35(39)47-15-11-43-31-19-29(20-32(23-31)44-12-16-48-36(40)26(3)4)9-10-30-21-33(45-13-17-49-37(41)27(5)6)24-34(22-30)46-14-18-50-38(42)28(7)8/h9-10,19-24H,1,3,5,7,11-18H2,2,4,6,8H3/b10-9+. The molecule has 0 aromatic heterocycles. The van der Waals surface area contributed by atoms with E-state index in [2.05, 4.69) is 26.3 Å². The predicted molar refractivity (Wildman–Crippen MR) is 187 cm³/mol. The smallest absolute Gasteiger partial charge is 0.333 e. The SMILES string of the molecule is C=C(C)C(=O)OCCOc1cc(/C=C/c2cc(OCCOC(=O)C(=C)C)cc(OCCOC(=O)C(=C)C)c2)cc(OCCOC(=O)C(=C)C)c1. The Hall–Kier alpha value is -5.78. The van der Waals surface area contributed by atoms with E-state index in [1.54, 1.807) is 76.2 Å². The molecule has 0 bridgehead atoms. The third-order valence-corrected chi connectivity index (χ3v) is 6.01. The summed E-state index contributed by atoms with van der Waals surface area (Å²) in [5, 5.41) is 0. The minimum Gasteiger partial charge on any atom is -0.490 e. The van der Waals surface area contributed by atoms with E-state index >= 15 is 0 Å². The second-order valence-corrected chi connectivity index (χ2v) is 10.9. The van der Waals surface area contributed by atoms with Gasteiger partial charge in [-0.1, -0.05) is 38.5 Å². The van der Waals surface area contributed by atoms with Gasteiger partial charge in [-0.05, 0) is 63.1 Å². The lowest BCUT2D eigenvalue weighted by Gasteiger charge is -2.13. The molecule has 0 saturated heterocycles. The van der Waals surface area contributed by atoms with Crippen molar-refractivity contribution in [3.8, 4) is 23.0 Å². The van der Waals surface area contributed by atoms with E-state index in [9.17, 15) is 19.2 Å². The maximum absolute atomic E-state index is 11.7. The molecule has 0 saturated carbocycles. The van der Waals surface area contributed by atoms with Crippen LogP contribution in [0.1, 0.15) is 38.8 Å². The van der Waals surface area contributed by atoms with Crippen molar-refractivity contribution >= 4 is 36.0 Å². The molecule has 0 amide bonds. The Balaban J connectivity index is 2.26. The van der Waals surface area contributed by atoms with Gasteiger partial charge in [-0.25, -0.2) is 19.2 Å². The lowest BCUT2D eigenvalue weighted by atomic mass is 10.1. The second-order valence-electron chi connectivity index (χ2n) is 10.9. The molecule has 0 unspecified atom stereocenters. The average molecular weight is 693 g/mol. The van der Waals surface area contributed by atoms with Crippen molar-refractivity contribution in [1.82, 2.24) is 0 Å². The Kier molecular flexibility index (Phi) is 17.2. The molecule has 50 heavy (non-hydrogen) atoms. The number of carbonyl (C=O) groups excluding carboxylic acids is 4. The Morgan fingerprint density at radius 1 is 0.420 bits per heavy atom. The molecule has 0 aliphatic carbocycles. The fourth-order valence-corrected chi connectivity index (χ4v) is 3.57. The molecule has 0 radical (unpaired) electrons. The molecule has 12 heteroatoms. The maximum atomic E-state index is 11.7. The van der Waals surface area contributed by atoms with Crippen molar-refractivity contribution < 1.29 is 57.1 Å². The zero-order valence-corrected chi connectivity index (χ0v) is 29.0. The van der Waals surface area contributed by atoms with Crippen LogP contribution in [0.25, 0.3) is 12.2 Å². The van der Waals surface area contributed by atoms with Crippen LogP contribution in [0, 0.1) is 0 Å². The fourth-order valence-electron chi connectivity index (χ4n) is 3.57. The van der Waals surface area contributed by atoms with Gasteiger partial charge in [-0.15, -0.1) is 0 Å². The summed E-state index contributed by atoms with van der Waals surface area (Å²) in [4.78, 5) is 46.8. The lowest BCUT2D eigenvalue weighted by Crippen LogP contribution is -2.13. The molecular formula is C38H44O12. The molecule has 0 fully saturated rings. The van der Waals surface area contributed by atoms with Gasteiger partial charge in [0.15, 0.2) is 0 Å². The summed E-state index contributed by atoms with van der Waals surface area (Å²) in [6, 6.07) is 10.3. The number of hydrogen-bond acceptors (Lipinski definition) is 12. The van der Waals surface area contributed by atoms with Crippen molar-refractivity contribution in [2.45, 2.75) is 27.7 Å². The van der Waals surface area contributed by atoms with Gasteiger partial charge in [0.2, 0.25) is 0 Å². The van der Waals surface area contributed by atoms with E-state index in [0.717, 1.165) is 0 Å². The highest BCUT2D eigenvalue weighted by molar-refractivity contribution is 5.88.